The number of rotatable bonds is 4. The van der Waals surface area contributed by atoms with Crippen molar-refractivity contribution in [2.75, 3.05) is 18.1 Å². The first-order valence-corrected chi connectivity index (χ1v) is 12.6. The molecule has 2 unspecified atom stereocenters. The molecule has 0 spiro atoms. The molecule has 172 valence electrons. The summed E-state index contributed by atoms with van der Waals surface area (Å²) in [6, 6.07) is 7.62. The van der Waals surface area contributed by atoms with Crippen LogP contribution in [0.3, 0.4) is 0 Å². The van der Waals surface area contributed by atoms with Gasteiger partial charge in [0.2, 0.25) is 5.76 Å². The lowest BCUT2D eigenvalue weighted by molar-refractivity contribution is 0.0662. The van der Waals surface area contributed by atoms with E-state index in [9.17, 15) is 23.1 Å². The van der Waals surface area contributed by atoms with Gasteiger partial charge in [-0.25, -0.2) is 8.42 Å². The number of phenolic OH excluding ortho intramolecular Hbond substituents is 1. The van der Waals surface area contributed by atoms with E-state index in [0.29, 0.717) is 17.2 Å². The molecule has 2 aromatic carbocycles. The monoisotopic (exact) mass is 489 g/mol. The molecule has 0 aliphatic carbocycles. The Labute approximate surface area is 194 Å². The molecule has 0 radical (unpaired) electrons. The van der Waals surface area contributed by atoms with Crippen molar-refractivity contribution in [2.45, 2.75) is 25.4 Å². The summed E-state index contributed by atoms with van der Waals surface area (Å²) in [5.41, 5.74) is 0.423. The van der Waals surface area contributed by atoms with Crippen LogP contribution in [0.2, 0.25) is 5.02 Å². The number of aromatic hydroxyl groups is 1. The summed E-state index contributed by atoms with van der Waals surface area (Å²) in [6.45, 7) is 2.06. The van der Waals surface area contributed by atoms with Gasteiger partial charge in [-0.1, -0.05) is 17.7 Å². The lowest BCUT2D eigenvalue weighted by Gasteiger charge is -2.30. The van der Waals surface area contributed by atoms with Gasteiger partial charge in [0, 0.05) is 11.1 Å². The molecule has 33 heavy (non-hydrogen) atoms. The van der Waals surface area contributed by atoms with Gasteiger partial charge >= 0.3 is 0 Å². The van der Waals surface area contributed by atoms with Crippen molar-refractivity contribution < 1.29 is 27.5 Å². The third-order valence-corrected chi connectivity index (χ3v) is 8.05. The highest BCUT2D eigenvalue weighted by Gasteiger charge is 2.48. The van der Waals surface area contributed by atoms with Crippen molar-refractivity contribution in [3.05, 3.63) is 68.5 Å². The average molecular weight is 490 g/mol. The standard InChI is InChI=1S/C23H20ClNO7S/c1-2-31-18-9-12(3-5-16(18)26)20-19-21(27)15-10-13(24)4-6-17(15)32-22(19)23(28)25(20)14-7-8-33(29,30)11-14/h3-6,9-10,14,20,26H,2,7-8,11H2,1H3. The topological polar surface area (TPSA) is 114 Å². The van der Waals surface area contributed by atoms with Gasteiger partial charge in [-0.3, -0.25) is 9.59 Å². The van der Waals surface area contributed by atoms with E-state index in [1.54, 1.807) is 25.1 Å². The number of phenols is 1. The van der Waals surface area contributed by atoms with Gasteiger partial charge in [-0.15, -0.1) is 0 Å². The Balaban J connectivity index is 1.76. The highest BCUT2D eigenvalue weighted by molar-refractivity contribution is 7.91. The largest absolute Gasteiger partial charge is 0.504 e. The van der Waals surface area contributed by atoms with Crippen LogP contribution in [0.4, 0.5) is 0 Å². The third-order valence-electron chi connectivity index (χ3n) is 6.07. The zero-order chi connectivity index (χ0) is 23.5. The maximum absolute atomic E-state index is 13.6. The van der Waals surface area contributed by atoms with E-state index in [2.05, 4.69) is 0 Å². The van der Waals surface area contributed by atoms with E-state index in [1.807, 2.05) is 0 Å². The number of fused-ring (bicyclic) bond motifs is 2. The fourth-order valence-electron chi connectivity index (χ4n) is 4.63. The van der Waals surface area contributed by atoms with Crippen LogP contribution in [-0.4, -0.2) is 48.5 Å². The Hall–Kier alpha value is -3.04. The molecule has 1 fully saturated rings. The van der Waals surface area contributed by atoms with Crippen LogP contribution < -0.4 is 10.2 Å². The predicted molar refractivity (Wildman–Crippen MR) is 122 cm³/mol. The van der Waals surface area contributed by atoms with Crippen LogP contribution in [0.5, 0.6) is 11.5 Å². The normalized spacial score (nSPS) is 21.5. The molecule has 3 heterocycles. The minimum atomic E-state index is -3.31. The van der Waals surface area contributed by atoms with Gasteiger partial charge in [-0.2, -0.15) is 0 Å². The summed E-state index contributed by atoms with van der Waals surface area (Å²) in [7, 11) is -3.31. The first kappa shape index (κ1) is 21.8. The molecule has 1 amide bonds. The maximum atomic E-state index is 13.6. The van der Waals surface area contributed by atoms with Crippen molar-refractivity contribution in [2.24, 2.45) is 0 Å². The number of nitrogens with zero attached hydrogens (tertiary/aromatic N) is 1. The van der Waals surface area contributed by atoms with E-state index in [4.69, 9.17) is 20.8 Å². The lowest BCUT2D eigenvalue weighted by atomic mass is 9.97. The van der Waals surface area contributed by atoms with Crippen molar-refractivity contribution in [1.82, 2.24) is 4.90 Å². The van der Waals surface area contributed by atoms with E-state index in [0.717, 1.165) is 0 Å². The molecule has 0 saturated carbocycles. The number of halogens is 1. The van der Waals surface area contributed by atoms with Gasteiger partial charge in [0.05, 0.1) is 35.1 Å². The quantitative estimate of drug-likeness (QED) is 0.598. The Morgan fingerprint density at radius 1 is 1.21 bits per heavy atom. The van der Waals surface area contributed by atoms with Crippen LogP contribution in [-0.2, 0) is 9.84 Å². The number of carbonyl (C=O) groups is 1. The van der Waals surface area contributed by atoms with E-state index < -0.39 is 33.3 Å². The summed E-state index contributed by atoms with van der Waals surface area (Å²) in [4.78, 5) is 28.5. The Bertz CT molecular complexity index is 1460. The molecule has 1 saturated heterocycles. The van der Waals surface area contributed by atoms with Crippen LogP contribution in [0.1, 0.15) is 41.1 Å². The molecular weight excluding hydrogens is 470 g/mol. The second kappa shape index (κ2) is 7.78. The minimum absolute atomic E-state index is 0.0384. The molecule has 2 aliphatic heterocycles. The molecule has 3 aromatic rings. The fourth-order valence-corrected chi connectivity index (χ4v) is 6.52. The molecule has 10 heteroatoms. The SMILES string of the molecule is CCOc1cc(C2c3c(oc4ccc(Cl)cc4c3=O)C(=O)N2C2CCS(=O)(=O)C2)ccc1O. The first-order valence-electron chi connectivity index (χ1n) is 10.4. The van der Waals surface area contributed by atoms with Gasteiger partial charge in [0.25, 0.3) is 5.91 Å². The zero-order valence-corrected chi connectivity index (χ0v) is 19.1. The van der Waals surface area contributed by atoms with Gasteiger partial charge < -0.3 is 19.2 Å². The number of amides is 1. The fraction of sp³-hybridized carbons (Fsp3) is 0.304. The van der Waals surface area contributed by atoms with Gasteiger partial charge in [0.15, 0.2) is 26.8 Å². The first-order chi connectivity index (χ1) is 15.7. The van der Waals surface area contributed by atoms with Crippen LogP contribution >= 0.6 is 11.6 Å². The number of hydrogen-bond acceptors (Lipinski definition) is 7. The number of ether oxygens (including phenoxy) is 1. The number of benzene rings is 2. The second-order valence-electron chi connectivity index (χ2n) is 8.15. The molecule has 1 N–H and O–H groups in total. The molecule has 5 rings (SSSR count). The number of carbonyl (C=O) groups excluding carboxylic acids is 1. The van der Waals surface area contributed by atoms with Crippen molar-refractivity contribution in [1.29, 1.82) is 0 Å². The lowest BCUT2D eigenvalue weighted by Crippen LogP contribution is -2.40. The van der Waals surface area contributed by atoms with E-state index in [-0.39, 0.29) is 51.7 Å². The minimum Gasteiger partial charge on any atom is -0.504 e. The zero-order valence-electron chi connectivity index (χ0n) is 17.6. The Morgan fingerprint density at radius 3 is 2.70 bits per heavy atom. The van der Waals surface area contributed by atoms with Crippen LogP contribution in [0.25, 0.3) is 11.0 Å². The third kappa shape index (κ3) is 3.55. The van der Waals surface area contributed by atoms with E-state index in [1.165, 1.54) is 23.1 Å². The number of hydrogen-bond donors (Lipinski definition) is 1. The Morgan fingerprint density at radius 2 is 2.00 bits per heavy atom. The second-order valence-corrected chi connectivity index (χ2v) is 10.8. The highest BCUT2D eigenvalue weighted by Crippen LogP contribution is 2.43. The van der Waals surface area contributed by atoms with Crippen molar-refractivity contribution in [3.63, 3.8) is 0 Å². The molecule has 8 nitrogen and oxygen atoms in total. The molecule has 2 atom stereocenters. The smallest absolute Gasteiger partial charge is 0.291 e. The summed E-state index contributed by atoms with van der Waals surface area (Å²) in [6.07, 6.45) is 0.258. The molecule has 1 aromatic heterocycles. The summed E-state index contributed by atoms with van der Waals surface area (Å²) < 4.78 is 35.8. The van der Waals surface area contributed by atoms with Crippen LogP contribution in [0, 0.1) is 0 Å². The molecule has 2 aliphatic rings. The maximum Gasteiger partial charge on any atom is 0.291 e. The predicted octanol–water partition coefficient (Wildman–Crippen LogP) is 3.28. The van der Waals surface area contributed by atoms with E-state index >= 15 is 0 Å². The number of sulfone groups is 1. The summed E-state index contributed by atoms with van der Waals surface area (Å²) in [5.74, 6) is -0.782. The highest BCUT2D eigenvalue weighted by atomic mass is 35.5. The van der Waals surface area contributed by atoms with Gasteiger partial charge in [0.1, 0.15) is 5.58 Å². The molecule has 0 bridgehead atoms. The van der Waals surface area contributed by atoms with Gasteiger partial charge in [-0.05, 0) is 49.2 Å². The average Bonchev–Trinajstić information content (AvgIpc) is 3.27. The molecular formula is C23H20ClNO7S. The van der Waals surface area contributed by atoms with Crippen molar-refractivity contribution >= 4 is 38.3 Å². The van der Waals surface area contributed by atoms with Crippen LogP contribution in [0.15, 0.2) is 45.6 Å². The Kier molecular flexibility index (Phi) is 5.13. The summed E-state index contributed by atoms with van der Waals surface area (Å²) in [5, 5.41) is 10.7. The summed E-state index contributed by atoms with van der Waals surface area (Å²) >= 11 is 6.09. The van der Waals surface area contributed by atoms with Crippen molar-refractivity contribution in [3.8, 4) is 11.5 Å².